The number of carboxylic acid groups (broad SMARTS) is 1. The van der Waals surface area contributed by atoms with Gasteiger partial charge in [-0.2, -0.15) is 0 Å². The molecular formula is C23H31NO4. The average Bonchev–Trinajstić information content (AvgIpc) is 3.29. The van der Waals surface area contributed by atoms with Crippen molar-refractivity contribution in [3.8, 4) is 0 Å². The first-order valence-corrected chi connectivity index (χ1v) is 9.94. The lowest BCUT2D eigenvalue weighted by atomic mass is 10.0. The summed E-state index contributed by atoms with van der Waals surface area (Å²) in [7, 11) is 0. The van der Waals surface area contributed by atoms with Crippen molar-refractivity contribution in [3.05, 3.63) is 59.4 Å². The van der Waals surface area contributed by atoms with E-state index in [2.05, 4.69) is 0 Å². The summed E-state index contributed by atoms with van der Waals surface area (Å²) in [5.74, 6) is -0.446. The van der Waals surface area contributed by atoms with Crippen LogP contribution in [0.2, 0.25) is 0 Å². The smallest absolute Gasteiger partial charge is 0.303 e. The van der Waals surface area contributed by atoms with Crippen LogP contribution in [0, 0.1) is 5.92 Å². The molecule has 2 heterocycles. The predicted molar refractivity (Wildman–Crippen MR) is 111 cm³/mol. The first-order valence-electron chi connectivity index (χ1n) is 9.94. The molecule has 5 heteroatoms. The molecule has 1 aromatic carbocycles. The van der Waals surface area contributed by atoms with E-state index in [0.717, 1.165) is 25.0 Å². The number of nitrogens with zero attached hydrogens (tertiary/aromatic N) is 1. The molecule has 0 bridgehead atoms. The van der Waals surface area contributed by atoms with Crippen LogP contribution in [0.5, 0.6) is 0 Å². The Morgan fingerprint density at radius 3 is 2.21 bits per heavy atom. The van der Waals surface area contributed by atoms with Gasteiger partial charge in [-0.3, -0.25) is 14.4 Å². The fourth-order valence-electron chi connectivity index (χ4n) is 2.98. The van der Waals surface area contributed by atoms with E-state index in [4.69, 9.17) is 5.11 Å². The number of aliphatic carboxylic acids is 1. The van der Waals surface area contributed by atoms with Crippen LogP contribution in [0.25, 0.3) is 0 Å². The molecule has 152 valence electrons. The maximum Gasteiger partial charge on any atom is 0.303 e. The van der Waals surface area contributed by atoms with Crippen molar-refractivity contribution in [1.82, 2.24) is 4.57 Å². The van der Waals surface area contributed by atoms with Gasteiger partial charge >= 0.3 is 5.97 Å². The predicted octanol–water partition coefficient (Wildman–Crippen LogP) is 4.77. The summed E-state index contributed by atoms with van der Waals surface area (Å²) < 4.78 is 1.99. The van der Waals surface area contributed by atoms with Gasteiger partial charge in [0.2, 0.25) is 5.78 Å². The van der Waals surface area contributed by atoms with Crippen LogP contribution in [-0.4, -0.2) is 27.2 Å². The van der Waals surface area contributed by atoms with Gasteiger partial charge in [0.1, 0.15) is 5.78 Å². The van der Waals surface area contributed by atoms with Crippen LogP contribution >= 0.6 is 0 Å². The quantitative estimate of drug-likeness (QED) is 0.727. The molecule has 1 aromatic heterocycles. The topological polar surface area (TPSA) is 76.4 Å². The van der Waals surface area contributed by atoms with E-state index in [0.29, 0.717) is 24.2 Å². The maximum absolute atomic E-state index is 12.4. The second-order valence-electron chi connectivity index (χ2n) is 6.52. The van der Waals surface area contributed by atoms with E-state index in [-0.39, 0.29) is 17.5 Å². The molecule has 1 aliphatic heterocycles. The van der Waals surface area contributed by atoms with E-state index in [1.165, 1.54) is 0 Å². The zero-order valence-electron chi connectivity index (χ0n) is 17.3. The Balaban J connectivity index is 0.000000372. The Labute approximate surface area is 167 Å². The third-order valence-electron chi connectivity index (χ3n) is 4.52. The molecule has 0 spiro atoms. The highest BCUT2D eigenvalue weighted by Crippen LogP contribution is 2.25. The number of benzene rings is 1. The number of carbonyl (C=O) groups is 3. The van der Waals surface area contributed by atoms with Gasteiger partial charge in [-0.1, -0.05) is 57.5 Å². The minimum absolute atomic E-state index is 0.0241. The molecule has 1 aliphatic rings. The van der Waals surface area contributed by atoms with E-state index >= 15 is 0 Å². The summed E-state index contributed by atoms with van der Waals surface area (Å²) in [6.07, 6.45) is 2.83. The number of hydrogen-bond donors (Lipinski definition) is 1. The van der Waals surface area contributed by atoms with Crippen molar-refractivity contribution in [1.29, 1.82) is 0 Å². The molecule has 0 saturated carbocycles. The number of Topliss-reactive ketones (excluding diaryl/α,β-unsaturated/α-hetero) is 1. The van der Waals surface area contributed by atoms with Gasteiger partial charge in [0, 0.05) is 30.1 Å². The number of fused-ring (bicyclic) bond motifs is 1. The van der Waals surface area contributed by atoms with Gasteiger partial charge in [-0.05, 0) is 31.9 Å². The van der Waals surface area contributed by atoms with Crippen molar-refractivity contribution >= 4 is 17.5 Å². The van der Waals surface area contributed by atoms with E-state index < -0.39 is 5.97 Å². The number of carbonyl (C=O) groups excluding carboxylic acids is 2. The Bertz CT molecular complexity index is 777. The Kier molecular flexibility index (Phi) is 9.93. The van der Waals surface area contributed by atoms with Crippen molar-refractivity contribution in [2.75, 3.05) is 0 Å². The van der Waals surface area contributed by atoms with E-state index in [1.807, 2.05) is 67.8 Å². The van der Waals surface area contributed by atoms with Crippen molar-refractivity contribution in [3.63, 3.8) is 0 Å². The van der Waals surface area contributed by atoms with Crippen LogP contribution in [0.1, 0.15) is 68.7 Å². The molecule has 28 heavy (non-hydrogen) atoms. The molecule has 0 fully saturated rings. The highest BCUT2D eigenvalue weighted by atomic mass is 16.4. The van der Waals surface area contributed by atoms with Gasteiger partial charge < -0.3 is 9.67 Å². The lowest BCUT2D eigenvalue weighted by Crippen LogP contribution is -2.15. The molecular weight excluding hydrogens is 354 g/mol. The summed E-state index contributed by atoms with van der Waals surface area (Å²) in [5.41, 5.74) is 2.46. The van der Waals surface area contributed by atoms with Crippen molar-refractivity contribution in [2.24, 2.45) is 5.92 Å². The van der Waals surface area contributed by atoms with Gasteiger partial charge in [-0.25, -0.2) is 0 Å². The second-order valence-corrected chi connectivity index (χ2v) is 6.52. The molecule has 0 saturated heterocycles. The molecule has 0 aliphatic carbocycles. The third kappa shape index (κ3) is 6.48. The van der Waals surface area contributed by atoms with Crippen LogP contribution in [0.4, 0.5) is 0 Å². The Morgan fingerprint density at radius 1 is 1.07 bits per heavy atom. The molecule has 2 aromatic rings. The van der Waals surface area contributed by atoms with Crippen LogP contribution < -0.4 is 0 Å². The van der Waals surface area contributed by atoms with E-state index in [9.17, 15) is 14.4 Å². The van der Waals surface area contributed by atoms with Crippen molar-refractivity contribution in [2.45, 2.75) is 59.9 Å². The highest BCUT2D eigenvalue weighted by Gasteiger charge is 2.28. The zero-order valence-corrected chi connectivity index (χ0v) is 17.3. The lowest BCUT2D eigenvalue weighted by Gasteiger charge is -2.07. The molecule has 0 radical (unpaired) electrons. The van der Waals surface area contributed by atoms with Gasteiger partial charge in [0.15, 0.2) is 0 Å². The summed E-state index contributed by atoms with van der Waals surface area (Å²) in [6, 6.07) is 13.1. The summed E-state index contributed by atoms with van der Waals surface area (Å²) in [4.78, 5) is 33.7. The summed E-state index contributed by atoms with van der Waals surface area (Å²) in [6.45, 7) is 8.23. The Hall–Kier alpha value is -2.69. The maximum atomic E-state index is 12.4. The standard InChI is InChI=1S/C16H15NO2.C5H10O2.C2H6/c1-11(18)13-9-14-7-8-15(17(14)10-13)16(19)12-5-3-2-4-6-12;1-2-3-4-5(6)7;1-2/h2-8,13H,9-10H2,1H3;2-4H2,1H3,(H,6,7);1-2H3. The molecule has 1 atom stereocenters. The number of aromatic nitrogens is 1. The normalized spacial score (nSPS) is 14.1. The molecule has 1 unspecified atom stereocenters. The highest BCUT2D eigenvalue weighted by molar-refractivity contribution is 6.08. The zero-order chi connectivity index (χ0) is 21.1. The molecule has 5 nitrogen and oxygen atoms in total. The minimum atomic E-state index is -0.693. The second kappa shape index (κ2) is 11.9. The third-order valence-corrected chi connectivity index (χ3v) is 4.52. The molecule has 3 rings (SSSR count). The SMILES string of the molecule is CC.CC(=O)C1Cc2ccc(C(=O)c3ccccc3)n2C1.CCCCC(=O)O. The number of unbranched alkanes of at least 4 members (excludes halogenated alkanes) is 1. The number of carboxylic acids is 1. The largest absolute Gasteiger partial charge is 0.481 e. The fraction of sp³-hybridized carbons (Fsp3) is 0.435. The summed E-state index contributed by atoms with van der Waals surface area (Å²) in [5, 5.41) is 8.04. The fourth-order valence-corrected chi connectivity index (χ4v) is 2.98. The number of rotatable bonds is 6. The Morgan fingerprint density at radius 2 is 1.71 bits per heavy atom. The monoisotopic (exact) mass is 385 g/mol. The van der Waals surface area contributed by atoms with Gasteiger partial charge in [0.25, 0.3) is 0 Å². The van der Waals surface area contributed by atoms with Crippen LogP contribution in [0.3, 0.4) is 0 Å². The van der Waals surface area contributed by atoms with E-state index in [1.54, 1.807) is 6.92 Å². The molecule has 1 N–H and O–H groups in total. The first kappa shape index (κ1) is 23.3. The van der Waals surface area contributed by atoms with Gasteiger partial charge in [-0.15, -0.1) is 0 Å². The lowest BCUT2D eigenvalue weighted by molar-refractivity contribution is -0.137. The van der Waals surface area contributed by atoms with Gasteiger partial charge in [0.05, 0.1) is 5.69 Å². The van der Waals surface area contributed by atoms with Crippen LogP contribution in [0.15, 0.2) is 42.5 Å². The van der Waals surface area contributed by atoms with Crippen LogP contribution in [-0.2, 0) is 22.6 Å². The molecule has 0 amide bonds. The summed E-state index contributed by atoms with van der Waals surface area (Å²) >= 11 is 0. The average molecular weight is 386 g/mol. The first-order chi connectivity index (χ1) is 13.4. The number of ketones is 2. The van der Waals surface area contributed by atoms with Crippen molar-refractivity contribution < 1.29 is 19.5 Å². The number of hydrogen-bond acceptors (Lipinski definition) is 3. The minimum Gasteiger partial charge on any atom is -0.481 e.